The van der Waals surface area contributed by atoms with Gasteiger partial charge in [0.25, 0.3) is 5.56 Å². The first-order chi connectivity index (χ1) is 9.86. The third-order valence-corrected chi connectivity index (χ3v) is 5.36. The summed E-state index contributed by atoms with van der Waals surface area (Å²) in [5, 5.41) is 28.7. The number of aromatic nitrogens is 4. The first-order valence-corrected chi connectivity index (χ1v) is 7.19. The normalized spacial score (nSPS) is 32.9. The largest absolute Gasteiger partial charge is 0.395 e. The summed E-state index contributed by atoms with van der Waals surface area (Å²) in [5.41, 5.74) is 3.87. The summed E-state index contributed by atoms with van der Waals surface area (Å²) in [6, 6.07) is 0. The average molecular weight is 313 g/mol. The lowest BCUT2D eigenvalue weighted by Crippen LogP contribution is -2.44. The number of imidazole rings is 1. The number of aliphatic hydroxyl groups excluding tert-OH is 2. The van der Waals surface area contributed by atoms with Crippen molar-refractivity contribution in [3.8, 4) is 0 Å². The molecule has 2 aromatic rings. The minimum atomic E-state index is -1.51. The molecule has 0 bridgehead atoms. The van der Waals surface area contributed by atoms with Gasteiger partial charge in [0.2, 0.25) is 5.95 Å². The van der Waals surface area contributed by atoms with Crippen molar-refractivity contribution in [2.45, 2.75) is 29.3 Å². The highest BCUT2D eigenvalue weighted by Crippen LogP contribution is 2.48. The molecule has 1 fully saturated rings. The smallest absolute Gasteiger partial charge is 0.280 e. The van der Waals surface area contributed by atoms with Gasteiger partial charge in [0, 0.05) is 0 Å². The SMILES string of the molecule is C[C@@]1(O)[C@H](O)[C@@H](CO)S[C@H]1n1cnc2c(=O)[nH]c(N)nc21. The number of nitrogen functional groups attached to an aromatic ring is 1. The Labute approximate surface area is 122 Å². The number of fused-ring (bicyclic) bond motifs is 1. The van der Waals surface area contributed by atoms with Crippen LogP contribution in [0.15, 0.2) is 11.1 Å². The minimum Gasteiger partial charge on any atom is -0.395 e. The lowest BCUT2D eigenvalue weighted by molar-refractivity contribution is -0.0672. The van der Waals surface area contributed by atoms with E-state index >= 15 is 0 Å². The van der Waals surface area contributed by atoms with Gasteiger partial charge < -0.3 is 21.1 Å². The van der Waals surface area contributed by atoms with Crippen LogP contribution in [0.1, 0.15) is 12.3 Å². The van der Waals surface area contributed by atoms with Crippen molar-refractivity contribution < 1.29 is 15.3 Å². The number of hydrogen-bond donors (Lipinski definition) is 5. The van der Waals surface area contributed by atoms with E-state index in [9.17, 15) is 20.1 Å². The van der Waals surface area contributed by atoms with E-state index in [-0.39, 0.29) is 23.7 Å². The second-order valence-electron chi connectivity index (χ2n) is 5.16. The molecular formula is C11H15N5O4S. The van der Waals surface area contributed by atoms with Gasteiger partial charge in [-0.25, -0.2) is 4.98 Å². The summed E-state index contributed by atoms with van der Waals surface area (Å²) in [5.74, 6) is -0.0591. The van der Waals surface area contributed by atoms with Crippen LogP contribution in [0.2, 0.25) is 0 Å². The molecule has 21 heavy (non-hydrogen) atoms. The van der Waals surface area contributed by atoms with Crippen LogP contribution in [0, 0.1) is 0 Å². The summed E-state index contributed by atoms with van der Waals surface area (Å²) in [6.45, 7) is 1.19. The van der Waals surface area contributed by atoms with Crippen molar-refractivity contribution in [2.75, 3.05) is 12.3 Å². The zero-order valence-corrected chi connectivity index (χ0v) is 11.9. The molecule has 3 heterocycles. The standard InChI is InChI=1S/C11H15N5O4S/c1-11(20)6(18)4(2-17)21-9(11)16-3-13-5-7(16)14-10(12)15-8(5)19/h3-4,6,9,17-18,20H,2H2,1H3,(H3,12,14,15,19)/t4-,6-,9-,11-/m1/s1. The molecule has 3 rings (SSSR count). The average Bonchev–Trinajstić information content (AvgIpc) is 2.91. The van der Waals surface area contributed by atoms with Crippen molar-refractivity contribution in [3.63, 3.8) is 0 Å². The highest BCUT2D eigenvalue weighted by atomic mass is 32.2. The molecule has 1 aliphatic rings. The highest BCUT2D eigenvalue weighted by molar-refractivity contribution is 8.00. The Morgan fingerprint density at radius 1 is 1.62 bits per heavy atom. The first kappa shape index (κ1) is 14.3. The predicted octanol–water partition coefficient (Wildman–Crippen LogP) is -1.58. The molecule has 0 saturated carbocycles. The molecule has 2 aromatic heterocycles. The molecule has 0 aliphatic carbocycles. The third-order valence-electron chi connectivity index (χ3n) is 3.64. The molecule has 114 valence electrons. The molecule has 0 spiro atoms. The number of rotatable bonds is 2. The lowest BCUT2D eigenvalue weighted by atomic mass is 9.96. The Hall–Kier alpha value is -1.62. The van der Waals surface area contributed by atoms with E-state index in [4.69, 9.17) is 5.73 Å². The molecule has 0 aromatic carbocycles. The van der Waals surface area contributed by atoms with Crippen LogP contribution in [0.5, 0.6) is 0 Å². The van der Waals surface area contributed by atoms with Gasteiger partial charge in [0.1, 0.15) is 11.0 Å². The van der Waals surface area contributed by atoms with E-state index in [0.29, 0.717) is 0 Å². The minimum absolute atomic E-state index is 0.0591. The molecule has 4 atom stereocenters. The molecular weight excluding hydrogens is 298 g/mol. The molecule has 1 saturated heterocycles. The van der Waals surface area contributed by atoms with Crippen LogP contribution < -0.4 is 11.3 Å². The molecule has 1 aliphatic heterocycles. The number of aromatic amines is 1. The second kappa shape index (κ2) is 4.70. The topological polar surface area (TPSA) is 150 Å². The molecule has 0 unspecified atom stereocenters. The maximum atomic E-state index is 11.8. The van der Waals surface area contributed by atoms with Crippen LogP contribution >= 0.6 is 11.8 Å². The van der Waals surface area contributed by atoms with Gasteiger partial charge in [-0.15, -0.1) is 11.8 Å². The summed E-state index contributed by atoms with van der Waals surface area (Å²) >= 11 is 1.19. The quantitative estimate of drug-likeness (QED) is 0.446. The van der Waals surface area contributed by atoms with Gasteiger partial charge in [0.05, 0.1) is 24.3 Å². The monoisotopic (exact) mass is 313 g/mol. The van der Waals surface area contributed by atoms with Gasteiger partial charge >= 0.3 is 0 Å². The predicted molar refractivity (Wildman–Crippen MR) is 76.7 cm³/mol. The van der Waals surface area contributed by atoms with Crippen molar-refractivity contribution >= 4 is 28.9 Å². The van der Waals surface area contributed by atoms with Crippen LogP contribution in [-0.4, -0.2) is 58.4 Å². The zero-order chi connectivity index (χ0) is 15.4. The van der Waals surface area contributed by atoms with Crippen molar-refractivity contribution in [1.82, 2.24) is 19.5 Å². The Morgan fingerprint density at radius 2 is 2.33 bits per heavy atom. The van der Waals surface area contributed by atoms with E-state index < -0.39 is 27.9 Å². The molecule has 6 N–H and O–H groups in total. The van der Waals surface area contributed by atoms with Gasteiger partial charge in [-0.1, -0.05) is 0 Å². The molecule has 10 heteroatoms. The number of H-pyrrole nitrogens is 1. The fourth-order valence-electron chi connectivity index (χ4n) is 2.50. The number of anilines is 1. The Balaban J connectivity index is 2.15. The fraction of sp³-hybridized carbons (Fsp3) is 0.545. The van der Waals surface area contributed by atoms with Crippen LogP contribution in [0.25, 0.3) is 11.2 Å². The summed E-state index contributed by atoms with van der Waals surface area (Å²) in [4.78, 5) is 22.1. The maximum absolute atomic E-state index is 11.8. The highest BCUT2D eigenvalue weighted by Gasteiger charge is 2.52. The van der Waals surface area contributed by atoms with E-state index in [0.717, 1.165) is 0 Å². The number of hydrogen-bond acceptors (Lipinski definition) is 8. The van der Waals surface area contributed by atoms with Crippen LogP contribution in [0.3, 0.4) is 0 Å². The summed E-state index contributed by atoms with van der Waals surface area (Å²) in [6.07, 6.45) is 0.250. The molecule has 9 nitrogen and oxygen atoms in total. The van der Waals surface area contributed by atoms with E-state index in [2.05, 4.69) is 15.0 Å². The van der Waals surface area contributed by atoms with Gasteiger partial charge in [-0.3, -0.25) is 14.3 Å². The van der Waals surface area contributed by atoms with E-state index in [1.165, 1.54) is 29.6 Å². The third kappa shape index (κ3) is 2.02. The second-order valence-corrected chi connectivity index (χ2v) is 6.48. The van der Waals surface area contributed by atoms with Gasteiger partial charge in [-0.2, -0.15) is 4.98 Å². The van der Waals surface area contributed by atoms with Crippen LogP contribution in [-0.2, 0) is 0 Å². The lowest BCUT2D eigenvalue weighted by Gasteiger charge is -2.28. The number of nitrogens with two attached hydrogens (primary N) is 1. The molecule has 0 radical (unpaired) electrons. The van der Waals surface area contributed by atoms with Crippen molar-refractivity contribution in [1.29, 1.82) is 0 Å². The Kier molecular flexibility index (Phi) is 3.20. The summed E-state index contributed by atoms with van der Waals surface area (Å²) in [7, 11) is 0. The van der Waals surface area contributed by atoms with Gasteiger partial charge in [-0.05, 0) is 6.92 Å². The molecule has 0 amide bonds. The van der Waals surface area contributed by atoms with Crippen molar-refractivity contribution in [2.24, 2.45) is 0 Å². The maximum Gasteiger partial charge on any atom is 0.280 e. The summed E-state index contributed by atoms with van der Waals surface area (Å²) < 4.78 is 1.49. The van der Waals surface area contributed by atoms with Gasteiger partial charge in [0.15, 0.2) is 11.2 Å². The first-order valence-electron chi connectivity index (χ1n) is 6.25. The number of thioether (sulfide) groups is 1. The van der Waals surface area contributed by atoms with Crippen molar-refractivity contribution in [3.05, 3.63) is 16.7 Å². The Morgan fingerprint density at radius 3 is 2.95 bits per heavy atom. The van der Waals surface area contributed by atoms with E-state index in [1.54, 1.807) is 0 Å². The van der Waals surface area contributed by atoms with Crippen LogP contribution in [0.4, 0.5) is 5.95 Å². The van der Waals surface area contributed by atoms with E-state index in [1.807, 2.05) is 0 Å². The number of aliphatic hydroxyl groups is 3. The number of nitrogens with one attached hydrogen (secondary N) is 1. The number of nitrogens with zero attached hydrogens (tertiary/aromatic N) is 3. The Bertz CT molecular complexity index is 742. The fourth-order valence-corrected chi connectivity index (χ4v) is 4.05. The zero-order valence-electron chi connectivity index (χ0n) is 11.1.